The van der Waals surface area contributed by atoms with Gasteiger partial charge in [-0.05, 0) is 54.8 Å². The maximum Gasteiger partial charge on any atom is 0.0718 e. The summed E-state index contributed by atoms with van der Waals surface area (Å²) in [5.41, 5.74) is 6.90. The maximum absolute atomic E-state index is 6.06. The van der Waals surface area contributed by atoms with E-state index in [-0.39, 0.29) is 0 Å². The first-order chi connectivity index (χ1) is 11.1. The molecule has 1 heterocycles. The fourth-order valence-electron chi connectivity index (χ4n) is 3.09. The molecule has 0 aliphatic rings. The third-order valence-corrected chi connectivity index (χ3v) is 4.47. The van der Waals surface area contributed by atoms with Crippen LogP contribution in [0.15, 0.2) is 60.7 Å². The summed E-state index contributed by atoms with van der Waals surface area (Å²) in [7, 11) is 0. The Hall–Kier alpha value is -2.38. The molecule has 0 bridgehead atoms. The summed E-state index contributed by atoms with van der Waals surface area (Å²) in [6.07, 6.45) is 0. The van der Waals surface area contributed by atoms with Crippen LogP contribution in [0.5, 0.6) is 0 Å². The van der Waals surface area contributed by atoms with Gasteiger partial charge in [-0.25, -0.2) is 4.98 Å². The van der Waals surface area contributed by atoms with Crippen LogP contribution in [0.1, 0.15) is 11.1 Å². The molecule has 0 N–H and O–H groups in total. The molecule has 112 valence electrons. The highest BCUT2D eigenvalue weighted by molar-refractivity contribution is 6.30. The largest absolute Gasteiger partial charge is 0.248 e. The number of benzene rings is 3. The van der Waals surface area contributed by atoms with Crippen LogP contribution in [0.25, 0.3) is 32.9 Å². The van der Waals surface area contributed by atoms with Crippen LogP contribution in [0.2, 0.25) is 5.02 Å². The molecule has 1 nitrogen and oxygen atoms in total. The normalized spacial score (nSPS) is 11.3. The van der Waals surface area contributed by atoms with Crippen molar-refractivity contribution in [2.75, 3.05) is 0 Å². The fraction of sp³-hybridized carbons (Fsp3) is 0.0952. The molecule has 0 saturated heterocycles. The minimum absolute atomic E-state index is 0.753. The smallest absolute Gasteiger partial charge is 0.0718 e. The lowest BCUT2D eigenvalue weighted by Gasteiger charge is -2.12. The Morgan fingerprint density at radius 3 is 1.74 bits per heavy atom. The van der Waals surface area contributed by atoms with Gasteiger partial charge >= 0.3 is 0 Å². The predicted octanol–water partition coefficient (Wildman–Crippen LogP) is 6.33. The van der Waals surface area contributed by atoms with Gasteiger partial charge in [-0.15, -0.1) is 0 Å². The van der Waals surface area contributed by atoms with Crippen molar-refractivity contribution in [1.82, 2.24) is 4.98 Å². The minimum atomic E-state index is 0.753. The van der Waals surface area contributed by atoms with Gasteiger partial charge in [0.15, 0.2) is 0 Å². The first-order valence-electron chi connectivity index (χ1n) is 7.68. The summed E-state index contributed by atoms with van der Waals surface area (Å²) in [5.74, 6) is 0. The van der Waals surface area contributed by atoms with Gasteiger partial charge in [0.25, 0.3) is 0 Å². The SMILES string of the molecule is Cc1ccc2c(-c3ccc(Cl)cc3)c3ccc(C)cc3nc2c1. The molecule has 0 aliphatic carbocycles. The first-order valence-corrected chi connectivity index (χ1v) is 8.06. The van der Waals surface area contributed by atoms with Gasteiger partial charge in [-0.2, -0.15) is 0 Å². The average Bonchev–Trinajstić information content (AvgIpc) is 2.53. The van der Waals surface area contributed by atoms with Crippen LogP contribution in [0.3, 0.4) is 0 Å². The lowest BCUT2D eigenvalue weighted by molar-refractivity contribution is 1.42. The molecule has 3 aromatic carbocycles. The zero-order valence-corrected chi connectivity index (χ0v) is 13.9. The van der Waals surface area contributed by atoms with E-state index in [9.17, 15) is 0 Å². The Labute approximate surface area is 140 Å². The summed E-state index contributed by atoms with van der Waals surface area (Å²) in [6, 6.07) is 21.0. The number of hydrogen-bond donors (Lipinski definition) is 0. The topological polar surface area (TPSA) is 12.9 Å². The molecule has 4 rings (SSSR count). The van der Waals surface area contributed by atoms with Gasteiger partial charge in [0, 0.05) is 21.4 Å². The highest BCUT2D eigenvalue weighted by Gasteiger charge is 2.11. The lowest BCUT2D eigenvalue weighted by atomic mass is 9.95. The van der Waals surface area contributed by atoms with Crippen LogP contribution < -0.4 is 0 Å². The first kappa shape index (κ1) is 14.2. The van der Waals surface area contributed by atoms with E-state index in [0.29, 0.717) is 0 Å². The van der Waals surface area contributed by atoms with Crippen molar-refractivity contribution < 1.29 is 0 Å². The van der Waals surface area contributed by atoms with Gasteiger partial charge in [-0.3, -0.25) is 0 Å². The lowest BCUT2D eigenvalue weighted by Crippen LogP contribution is -1.90. The van der Waals surface area contributed by atoms with E-state index >= 15 is 0 Å². The molecule has 0 atom stereocenters. The molecule has 1 aromatic heterocycles. The molecule has 0 amide bonds. The number of aromatic nitrogens is 1. The highest BCUT2D eigenvalue weighted by Crippen LogP contribution is 2.35. The molecular weight excluding hydrogens is 302 g/mol. The van der Waals surface area contributed by atoms with E-state index in [1.807, 2.05) is 12.1 Å². The van der Waals surface area contributed by atoms with Crippen molar-refractivity contribution in [3.8, 4) is 11.1 Å². The molecule has 4 aromatic rings. The Morgan fingerprint density at radius 2 is 1.22 bits per heavy atom. The summed E-state index contributed by atoms with van der Waals surface area (Å²) >= 11 is 6.06. The second kappa shape index (κ2) is 5.36. The summed E-state index contributed by atoms with van der Waals surface area (Å²) in [4.78, 5) is 4.88. The van der Waals surface area contributed by atoms with E-state index in [4.69, 9.17) is 16.6 Å². The van der Waals surface area contributed by atoms with Crippen LogP contribution in [0, 0.1) is 13.8 Å². The number of nitrogens with zero attached hydrogens (tertiary/aromatic N) is 1. The summed E-state index contributed by atoms with van der Waals surface area (Å²) in [5, 5.41) is 3.10. The fourth-order valence-corrected chi connectivity index (χ4v) is 3.22. The van der Waals surface area contributed by atoms with Gasteiger partial charge in [0.2, 0.25) is 0 Å². The Bertz CT molecular complexity index is 973. The van der Waals surface area contributed by atoms with Gasteiger partial charge in [-0.1, -0.05) is 48.0 Å². The number of hydrogen-bond acceptors (Lipinski definition) is 1. The van der Waals surface area contributed by atoms with Gasteiger partial charge in [0.1, 0.15) is 0 Å². The zero-order valence-electron chi connectivity index (χ0n) is 13.1. The van der Waals surface area contributed by atoms with E-state index in [0.717, 1.165) is 16.1 Å². The standard InChI is InChI=1S/C21H16ClN/c1-13-3-9-17-19(11-13)23-20-12-14(2)4-10-18(20)21(17)15-5-7-16(22)8-6-15/h3-12H,1-2H3. The Morgan fingerprint density at radius 1 is 0.696 bits per heavy atom. The summed E-state index contributed by atoms with van der Waals surface area (Å²) in [6.45, 7) is 4.20. The molecule has 0 radical (unpaired) electrons. The molecule has 0 unspecified atom stereocenters. The number of aryl methyl sites for hydroxylation is 2. The molecule has 2 heteroatoms. The zero-order chi connectivity index (χ0) is 16.0. The van der Waals surface area contributed by atoms with E-state index in [2.05, 4.69) is 62.4 Å². The Balaban J connectivity index is 2.18. The number of rotatable bonds is 1. The van der Waals surface area contributed by atoms with Crippen LogP contribution in [-0.4, -0.2) is 4.98 Å². The maximum atomic E-state index is 6.06. The Kier molecular flexibility index (Phi) is 3.32. The average molecular weight is 318 g/mol. The van der Waals surface area contributed by atoms with Crippen molar-refractivity contribution in [1.29, 1.82) is 0 Å². The monoisotopic (exact) mass is 317 g/mol. The van der Waals surface area contributed by atoms with Crippen LogP contribution in [0.4, 0.5) is 0 Å². The second-order valence-electron chi connectivity index (χ2n) is 6.03. The molecule has 0 fully saturated rings. The number of pyridine rings is 1. The molecule has 23 heavy (non-hydrogen) atoms. The highest BCUT2D eigenvalue weighted by atomic mass is 35.5. The molecule has 0 aliphatic heterocycles. The van der Waals surface area contributed by atoms with Crippen LogP contribution in [-0.2, 0) is 0 Å². The third-order valence-electron chi connectivity index (χ3n) is 4.22. The van der Waals surface area contributed by atoms with Gasteiger partial charge in [0.05, 0.1) is 11.0 Å². The molecular formula is C21H16ClN. The van der Waals surface area contributed by atoms with E-state index < -0.39 is 0 Å². The molecule has 0 spiro atoms. The van der Waals surface area contributed by atoms with Crippen LogP contribution >= 0.6 is 11.6 Å². The van der Waals surface area contributed by atoms with E-state index in [1.54, 1.807) is 0 Å². The quantitative estimate of drug-likeness (QED) is 0.374. The second-order valence-corrected chi connectivity index (χ2v) is 6.47. The van der Waals surface area contributed by atoms with Gasteiger partial charge < -0.3 is 0 Å². The predicted molar refractivity (Wildman–Crippen MR) is 99.2 cm³/mol. The summed E-state index contributed by atoms with van der Waals surface area (Å²) < 4.78 is 0. The number of fused-ring (bicyclic) bond motifs is 2. The third kappa shape index (κ3) is 2.47. The van der Waals surface area contributed by atoms with Crippen molar-refractivity contribution in [2.45, 2.75) is 13.8 Å². The van der Waals surface area contributed by atoms with Crippen molar-refractivity contribution in [3.05, 3.63) is 76.8 Å². The van der Waals surface area contributed by atoms with Crippen molar-refractivity contribution in [3.63, 3.8) is 0 Å². The molecule has 0 saturated carbocycles. The minimum Gasteiger partial charge on any atom is -0.248 e. The van der Waals surface area contributed by atoms with Crippen molar-refractivity contribution >= 4 is 33.4 Å². The number of halogens is 1. The van der Waals surface area contributed by atoms with Crippen molar-refractivity contribution in [2.24, 2.45) is 0 Å². The van der Waals surface area contributed by atoms with E-state index in [1.165, 1.54) is 33.0 Å².